The molecule has 6 nitrogen and oxygen atoms in total. The van der Waals surface area contributed by atoms with Crippen LogP contribution >= 0.6 is 0 Å². The maximum absolute atomic E-state index is 11.9. The number of aliphatic hydroxyl groups excluding tert-OH is 1. The molecule has 19 heavy (non-hydrogen) atoms. The lowest BCUT2D eigenvalue weighted by Gasteiger charge is -2.13. The van der Waals surface area contributed by atoms with Crippen molar-refractivity contribution in [2.75, 3.05) is 33.2 Å². The normalized spacial score (nSPS) is 11.8. The lowest BCUT2D eigenvalue weighted by atomic mass is 10.1. The van der Waals surface area contributed by atoms with Crippen molar-refractivity contribution in [1.29, 1.82) is 0 Å². The second-order valence-electron chi connectivity index (χ2n) is 4.18. The molecular weight excluding hydrogens is 250 g/mol. The van der Waals surface area contributed by atoms with Crippen LogP contribution in [-0.2, 0) is 4.74 Å². The number of hydrogen-bond acceptors (Lipinski definition) is 6. The molecule has 0 aliphatic carbocycles. The van der Waals surface area contributed by atoms with E-state index >= 15 is 0 Å². The van der Waals surface area contributed by atoms with Crippen LogP contribution in [0.25, 0.3) is 0 Å². The summed E-state index contributed by atoms with van der Waals surface area (Å²) in [6.45, 7) is 1.85. The van der Waals surface area contributed by atoms with E-state index in [9.17, 15) is 4.79 Å². The third-order valence-corrected chi connectivity index (χ3v) is 2.59. The summed E-state index contributed by atoms with van der Waals surface area (Å²) in [5.41, 5.74) is 6.23. The molecule has 0 saturated heterocycles. The Morgan fingerprint density at radius 3 is 2.42 bits per heavy atom. The number of aliphatic hydroxyl groups is 1. The molecular formula is C13H19NO5. The van der Waals surface area contributed by atoms with Crippen molar-refractivity contribution >= 4 is 11.7 Å². The van der Waals surface area contributed by atoms with E-state index < -0.39 is 5.97 Å². The SMILES string of the molecule is COc1cc(N)c(C(=O)OCC(C)CO)cc1OC. The summed E-state index contributed by atoms with van der Waals surface area (Å²) < 4.78 is 15.2. The van der Waals surface area contributed by atoms with Crippen LogP contribution in [0.15, 0.2) is 12.1 Å². The molecule has 0 aliphatic rings. The first-order valence-corrected chi connectivity index (χ1v) is 5.83. The third-order valence-electron chi connectivity index (χ3n) is 2.59. The third kappa shape index (κ3) is 3.75. The van der Waals surface area contributed by atoms with Crippen LogP contribution in [0, 0.1) is 5.92 Å². The van der Waals surface area contributed by atoms with Crippen LogP contribution in [0.4, 0.5) is 5.69 Å². The van der Waals surface area contributed by atoms with Crippen LogP contribution in [0.5, 0.6) is 11.5 Å². The maximum Gasteiger partial charge on any atom is 0.340 e. The Morgan fingerprint density at radius 2 is 1.89 bits per heavy atom. The molecule has 106 valence electrons. The van der Waals surface area contributed by atoms with Gasteiger partial charge in [-0.15, -0.1) is 0 Å². The number of esters is 1. The van der Waals surface area contributed by atoms with E-state index in [1.54, 1.807) is 6.92 Å². The monoisotopic (exact) mass is 269 g/mol. The van der Waals surface area contributed by atoms with Crippen LogP contribution in [-0.4, -0.2) is 38.5 Å². The van der Waals surface area contributed by atoms with Gasteiger partial charge in [-0.3, -0.25) is 0 Å². The number of methoxy groups -OCH3 is 2. The molecule has 0 fully saturated rings. The molecule has 0 amide bonds. The Balaban J connectivity index is 2.90. The standard InChI is InChI=1S/C13H19NO5/c1-8(6-15)7-19-13(16)9-4-11(17-2)12(18-3)5-10(9)14/h4-5,8,15H,6-7,14H2,1-3H3. The summed E-state index contributed by atoms with van der Waals surface area (Å²) in [7, 11) is 2.95. The highest BCUT2D eigenvalue weighted by molar-refractivity contribution is 5.96. The van der Waals surface area contributed by atoms with E-state index in [1.165, 1.54) is 26.4 Å². The van der Waals surface area contributed by atoms with Crippen molar-refractivity contribution in [2.24, 2.45) is 5.92 Å². The van der Waals surface area contributed by atoms with Crippen molar-refractivity contribution in [3.05, 3.63) is 17.7 Å². The Labute approximate surface area is 112 Å². The number of carbonyl (C=O) groups is 1. The highest BCUT2D eigenvalue weighted by Gasteiger charge is 2.17. The number of ether oxygens (including phenoxy) is 3. The molecule has 0 bridgehead atoms. The van der Waals surface area contributed by atoms with Crippen LogP contribution in [0.2, 0.25) is 0 Å². The number of rotatable bonds is 6. The summed E-state index contributed by atoms with van der Waals surface area (Å²) in [5.74, 6) is 0.170. The van der Waals surface area contributed by atoms with Crippen molar-refractivity contribution in [3.63, 3.8) is 0 Å². The van der Waals surface area contributed by atoms with Gasteiger partial charge in [0.15, 0.2) is 11.5 Å². The largest absolute Gasteiger partial charge is 0.493 e. The summed E-state index contributed by atoms with van der Waals surface area (Å²) in [6, 6.07) is 2.98. The van der Waals surface area contributed by atoms with Gasteiger partial charge in [0.25, 0.3) is 0 Å². The smallest absolute Gasteiger partial charge is 0.340 e. The summed E-state index contributed by atoms with van der Waals surface area (Å²) in [6.07, 6.45) is 0. The molecule has 1 unspecified atom stereocenters. The van der Waals surface area contributed by atoms with Crippen LogP contribution in [0.3, 0.4) is 0 Å². The highest BCUT2D eigenvalue weighted by Crippen LogP contribution is 2.32. The average Bonchev–Trinajstić information content (AvgIpc) is 2.43. The van der Waals surface area contributed by atoms with E-state index in [2.05, 4.69) is 0 Å². The molecule has 0 radical (unpaired) electrons. The van der Waals surface area contributed by atoms with Gasteiger partial charge in [-0.1, -0.05) is 6.92 Å². The zero-order chi connectivity index (χ0) is 14.4. The molecule has 6 heteroatoms. The first-order chi connectivity index (χ1) is 9.03. The highest BCUT2D eigenvalue weighted by atomic mass is 16.5. The number of carbonyl (C=O) groups excluding carboxylic acids is 1. The number of nitrogens with two attached hydrogens (primary N) is 1. The number of nitrogen functional groups attached to an aromatic ring is 1. The maximum atomic E-state index is 11.9. The quantitative estimate of drug-likeness (QED) is 0.593. The van der Waals surface area contributed by atoms with Gasteiger partial charge in [0, 0.05) is 24.7 Å². The summed E-state index contributed by atoms with van der Waals surface area (Å²) >= 11 is 0. The molecule has 3 N–H and O–H groups in total. The fraction of sp³-hybridized carbons (Fsp3) is 0.462. The van der Waals surface area contributed by atoms with E-state index in [4.69, 9.17) is 25.1 Å². The van der Waals surface area contributed by atoms with Gasteiger partial charge in [0.05, 0.1) is 32.1 Å². The lowest BCUT2D eigenvalue weighted by Crippen LogP contribution is -2.16. The molecule has 0 aromatic heterocycles. The lowest BCUT2D eigenvalue weighted by molar-refractivity contribution is 0.0406. The summed E-state index contributed by atoms with van der Waals surface area (Å²) in [5, 5.41) is 8.87. The molecule has 0 saturated carbocycles. The van der Waals surface area contributed by atoms with E-state index in [1.807, 2.05) is 0 Å². The van der Waals surface area contributed by atoms with Crippen LogP contribution in [0.1, 0.15) is 17.3 Å². The minimum atomic E-state index is -0.557. The predicted octanol–water partition coefficient (Wildman–Crippen LogP) is 1.07. The number of benzene rings is 1. The van der Waals surface area contributed by atoms with E-state index in [-0.39, 0.29) is 30.4 Å². The Morgan fingerprint density at radius 1 is 1.32 bits per heavy atom. The predicted molar refractivity (Wildman–Crippen MR) is 70.5 cm³/mol. The van der Waals surface area contributed by atoms with Gasteiger partial charge in [-0.25, -0.2) is 4.79 Å². The minimum absolute atomic E-state index is 0.0469. The van der Waals surface area contributed by atoms with E-state index in [0.717, 1.165) is 0 Å². The molecule has 1 aromatic carbocycles. The van der Waals surface area contributed by atoms with Crippen molar-refractivity contribution in [1.82, 2.24) is 0 Å². The van der Waals surface area contributed by atoms with Crippen molar-refractivity contribution in [3.8, 4) is 11.5 Å². The molecule has 0 spiro atoms. The van der Waals surface area contributed by atoms with Crippen molar-refractivity contribution in [2.45, 2.75) is 6.92 Å². The average molecular weight is 269 g/mol. The first-order valence-electron chi connectivity index (χ1n) is 5.83. The van der Waals surface area contributed by atoms with Gasteiger partial charge in [0.1, 0.15) is 0 Å². The summed E-state index contributed by atoms with van der Waals surface area (Å²) in [4.78, 5) is 11.9. The second kappa shape index (κ2) is 6.84. The van der Waals surface area contributed by atoms with Gasteiger partial charge in [0.2, 0.25) is 0 Å². The molecule has 1 aromatic rings. The molecule has 0 heterocycles. The topological polar surface area (TPSA) is 91.0 Å². The van der Waals surface area contributed by atoms with Crippen LogP contribution < -0.4 is 15.2 Å². The Bertz CT molecular complexity index is 447. The van der Waals surface area contributed by atoms with Crippen molar-refractivity contribution < 1.29 is 24.1 Å². The van der Waals surface area contributed by atoms with Gasteiger partial charge in [-0.2, -0.15) is 0 Å². The van der Waals surface area contributed by atoms with Gasteiger partial charge in [-0.05, 0) is 0 Å². The second-order valence-corrected chi connectivity index (χ2v) is 4.18. The number of hydrogen-bond donors (Lipinski definition) is 2. The molecule has 0 aliphatic heterocycles. The van der Waals surface area contributed by atoms with Gasteiger partial charge >= 0.3 is 5.97 Å². The first kappa shape index (κ1) is 15.1. The number of anilines is 1. The Kier molecular flexibility index (Phi) is 5.44. The Hall–Kier alpha value is -1.95. The molecule has 1 atom stereocenters. The van der Waals surface area contributed by atoms with Gasteiger partial charge < -0.3 is 25.1 Å². The minimum Gasteiger partial charge on any atom is -0.493 e. The zero-order valence-electron chi connectivity index (χ0n) is 11.3. The zero-order valence-corrected chi connectivity index (χ0v) is 11.3. The fourth-order valence-corrected chi connectivity index (χ4v) is 1.42. The molecule has 1 rings (SSSR count). The fourth-order valence-electron chi connectivity index (χ4n) is 1.42. The van der Waals surface area contributed by atoms with E-state index in [0.29, 0.717) is 11.5 Å².